The Hall–Kier alpha value is -3.39. The van der Waals surface area contributed by atoms with Gasteiger partial charge in [0.05, 0.1) is 5.69 Å². The smallest absolute Gasteiger partial charge is 0.0702 e. The van der Waals surface area contributed by atoms with E-state index in [2.05, 4.69) is 82.3 Å². The highest BCUT2D eigenvalue weighted by atomic mass is 15.0. The Labute approximate surface area is 152 Å². The zero-order chi connectivity index (χ0) is 17.3. The minimum atomic E-state index is 0.816. The van der Waals surface area contributed by atoms with Gasteiger partial charge >= 0.3 is 0 Å². The maximum absolute atomic E-state index is 4.68. The summed E-state index contributed by atoms with van der Waals surface area (Å²) in [6.45, 7) is 0.816. The number of aromatic nitrogens is 2. The van der Waals surface area contributed by atoms with E-state index in [9.17, 15) is 0 Å². The highest BCUT2D eigenvalue weighted by molar-refractivity contribution is 6.08. The number of fused-ring (bicyclic) bond motifs is 3. The Morgan fingerprint density at radius 2 is 1.23 bits per heavy atom. The highest BCUT2D eigenvalue weighted by Gasteiger charge is 2.10. The monoisotopic (exact) mass is 334 g/mol. The summed E-state index contributed by atoms with van der Waals surface area (Å²) in [6, 6.07) is 31.8. The number of hydrogen-bond donors (Lipinski definition) is 0. The molecule has 0 aliphatic carbocycles. The van der Waals surface area contributed by atoms with E-state index < -0.39 is 0 Å². The number of rotatable bonds is 3. The Morgan fingerprint density at radius 1 is 0.615 bits per heavy atom. The largest absolute Gasteiger partial charge is 0.336 e. The van der Waals surface area contributed by atoms with Crippen molar-refractivity contribution in [2.45, 2.75) is 6.54 Å². The van der Waals surface area contributed by atoms with Gasteiger partial charge in [0.2, 0.25) is 0 Å². The Kier molecular flexibility index (Phi) is 3.53. The van der Waals surface area contributed by atoms with E-state index in [0.717, 1.165) is 17.8 Å². The number of para-hydroxylation sites is 2. The van der Waals surface area contributed by atoms with Crippen molar-refractivity contribution in [3.05, 3.63) is 103 Å². The van der Waals surface area contributed by atoms with Crippen LogP contribution in [0.4, 0.5) is 0 Å². The maximum atomic E-state index is 4.68. The molecule has 0 fully saturated rings. The van der Waals surface area contributed by atoms with Crippen LogP contribution in [0.1, 0.15) is 5.56 Å². The molecule has 0 bridgehead atoms. The van der Waals surface area contributed by atoms with Gasteiger partial charge in [-0.3, -0.25) is 4.98 Å². The predicted molar refractivity (Wildman–Crippen MR) is 108 cm³/mol. The zero-order valence-corrected chi connectivity index (χ0v) is 14.3. The minimum Gasteiger partial charge on any atom is -0.336 e. The van der Waals surface area contributed by atoms with Crippen LogP contribution in [0.3, 0.4) is 0 Å². The molecule has 2 heterocycles. The van der Waals surface area contributed by atoms with Crippen molar-refractivity contribution < 1.29 is 0 Å². The summed E-state index contributed by atoms with van der Waals surface area (Å²) in [4.78, 5) is 4.68. The molecule has 2 heteroatoms. The molecule has 2 aromatic heterocycles. The first-order valence-corrected chi connectivity index (χ1v) is 8.86. The molecule has 124 valence electrons. The van der Waals surface area contributed by atoms with Crippen LogP contribution in [0.5, 0.6) is 0 Å². The summed E-state index contributed by atoms with van der Waals surface area (Å²) < 4.78 is 2.38. The SMILES string of the molecule is c1ccc(-c2ccc(Cn3c4ccccc4c4ccccc43)cn2)cc1. The lowest BCUT2D eigenvalue weighted by Gasteiger charge is -2.08. The molecule has 0 saturated carbocycles. The average Bonchev–Trinajstić information content (AvgIpc) is 3.04. The molecule has 0 radical (unpaired) electrons. The lowest BCUT2D eigenvalue weighted by molar-refractivity contribution is 0.863. The second-order valence-corrected chi connectivity index (χ2v) is 6.54. The molecule has 0 unspecified atom stereocenters. The van der Waals surface area contributed by atoms with Crippen LogP contribution >= 0.6 is 0 Å². The Bertz CT molecular complexity index is 1130. The van der Waals surface area contributed by atoms with Gasteiger partial charge < -0.3 is 4.57 Å². The highest BCUT2D eigenvalue weighted by Crippen LogP contribution is 2.29. The van der Waals surface area contributed by atoms with Crippen molar-refractivity contribution in [1.82, 2.24) is 9.55 Å². The van der Waals surface area contributed by atoms with E-state index >= 15 is 0 Å². The van der Waals surface area contributed by atoms with Gasteiger partial charge in [0, 0.05) is 40.1 Å². The van der Waals surface area contributed by atoms with Gasteiger partial charge in [-0.1, -0.05) is 72.8 Å². The van der Waals surface area contributed by atoms with Crippen LogP contribution in [0.2, 0.25) is 0 Å². The molecule has 0 atom stereocenters. The third-order valence-electron chi connectivity index (χ3n) is 4.91. The van der Waals surface area contributed by atoms with Gasteiger partial charge in [-0.2, -0.15) is 0 Å². The summed E-state index contributed by atoms with van der Waals surface area (Å²) in [6.07, 6.45) is 1.99. The summed E-state index contributed by atoms with van der Waals surface area (Å²) in [7, 11) is 0. The topological polar surface area (TPSA) is 17.8 Å². The molecule has 5 rings (SSSR count). The van der Waals surface area contributed by atoms with Crippen molar-refractivity contribution in [3.63, 3.8) is 0 Å². The fraction of sp³-hybridized carbons (Fsp3) is 0.0417. The van der Waals surface area contributed by atoms with Crippen molar-refractivity contribution in [2.24, 2.45) is 0 Å². The lowest BCUT2D eigenvalue weighted by atomic mass is 10.1. The van der Waals surface area contributed by atoms with Gasteiger partial charge in [-0.25, -0.2) is 0 Å². The fourth-order valence-corrected chi connectivity index (χ4v) is 3.65. The van der Waals surface area contributed by atoms with Crippen LogP contribution in [0, 0.1) is 0 Å². The molecule has 0 spiro atoms. The van der Waals surface area contributed by atoms with Gasteiger partial charge in [-0.05, 0) is 23.8 Å². The normalized spacial score (nSPS) is 11.2. The molecule has 26 heavy (non-hydrogen) atoms. The standard InChI is InChI=1S/C24H18N2/c1-2-8-19(9-3-1)22-15-14-18(16-25-22)17-26-23-12-6-4-10-20(23)21-11-5-7-13-24(21)26/h1-16H,17H2. The summed E-state index contributed by atoms with van der Waals surface area (Å²) in [5, 5.41) is 2.61. The number of benzene rings is 3. The summed E-state index contributed by atoms with van der Waals surface area (Å²) in [5.41, 5.74) is 5.89. The Morgan fingerprint density at radius 3 is 1.85 bits per heavy atom. The maximum Gasteiger partial charge on any atom is 0.0702 e. The Balaban J connectivity index is 1.57. The summed E-state index contributed by atoms with van der Waals surface area (Å²) >= 11 is 0. The average molecular weight is 334 g/mol. The molecule has 0 aliphatic rings. The second-order valence-electron chi connectivity index (χ2n) is 6.54. The van der Waals surface area contributed by atoms with Crippen molar-refractivity contribution >= 4 is 21.8 Å². The van der Waals surface area contributed by atoms with E-state index in [0.29, 0.717) is 0 Å². The first-order chi connectivity index (χ1) is 12.9. The number of nitrogens with zero attached hydrogens (tertiary/aromatic N) is 2. The van der Waals surface area contributed by atoms with Gasteiger partial charge in [0.25, 0.3) is 0 Å². The van der Waals surface area contributed by atoms with Crippen molar-refractivity contribution in [1.29, 1.82) is 0 Å². The van der Waals surface area contributed by atoms with E-state index in [-0.39, 0.29) is 0 Å². The van der Waals surface area contributed by atoms with Crippen LogP contribution < -0.4 is 0 Å². The minimum absolute atomic E-state index is 0.816. The van der Waals surface area contributed by atoms with E-state index in [1.54, 1.807) is 0 Å². The molecular formula is C24H18N2. The lowest BCUT2D eigenvalue weighted by Crippen LogP contribution is -2.00. The van der Waals surface area contributed by atoms with Gasteiger partial charge in [0.15, 0.2) is 0 Å². The second kappa shape index (κ2) is 6.16. The van der Waals surface area contributed by atoms with E-state index in [1.807, 2.05) is 24.4 Å². The number of hydrogen-bond acceptors (Lipinski definition) is 1. The fourth-order valence-electron chi connectivity index (χ4n) is 3.65. The van der Waals surface area contributed by atoms with Crippen LogP contribution in [-0.2, 0) is 6.54 Å². The third-order valence-corrected chi connectivity index (χ3v) is 4.91. The number of pyridine rings is 1. The quantitative estimate of drug-likeness (QED) is 0.401. The molecular weight excluding hydrogens is 316 g/mol. The van der Waals surface area contributed by atoms with Gasteiger partial charge in [-0.15, -0.1) is 0 Å². The van der Waals surface area contributed by atoms with Crippen LogP contribution in [-0.4, -0.2) is 9.55 Å². The first-order valence-electron chi connectivity index (χ1n) is 8.86. The molecule has 2 nitrogen and oxygen atoms in total. The zero-order valence-electron chi connectivity index (χ0n) is 14.3. The molecule has 0 saturated heterocycles. The third kappa shape index (κ3) is 2.47. The molecule has 0 N–H and O–H groups in total. The summed E-state index contributed by atoms with van der Waals surface area (Å²) in [5.74, 6) is 0. The molecule has 5 aromatic rings. The van der Waals surface area contributed by atoms with Crippen LogP contribution in [0.15, 0.2) is 97.2 Å². The van der Waals surface area contributed by atoms with Crippen molar-refractivity contribution in [3.8, 4) is 11.3 Å². The van der Waals surface area contributed by atoms with E-state index in [4.69, 9.17) is 0 Å². The first kappa shape index (κ1) is 14.9. The molecule has 0 aliphatic heterocycles. The predicted octanol–water partition coefficient (Wildman–Crippen LogP) is 5.90. The van der Waals surface area contributed by atoms with E-state index in [1.165, 1.54) is 27.4 Å². The van der Waals surface area contributed by atoms with Crippen molar-refractivity contribution in [2.75, 3.05) is 0 Å². The molecule has 3 aromatic carbocycles. The van der Waals surface area contributed by atoms with Crippen LogP contribution in [0.25, 0.3) is 33.1 Å². The molecule has 0 amide bonds. The van der Waals surface area contributed by atoms with Gasteiger partial charge in [0.1, 0.15) is 0 Å².